The molecule has 0 aromatic rings. The van der Waals surface area contributed by atoms with Crippen LogP contribution in [0.3, 0.4) is 0 Å². The van der Waals surface area contributed by atoms with Gasteiger partial charge in [-0.25, -0.2) is 4.79 Å². The molecule has 0 radical (unpaired) electrons. The van der Waals surface area contributed by atoms with Gasteiger partial charge in [-0.2, -0.15) is 0 Å². The summed E-state index contributed by atoms with van der Waals surface area (Å²) in [4.78, 5) is 33.3. The molecule has 0 spiro atoms. The van der Waals surface area contributed by atoms with Crippen LogP contribution >= 0.6 is 11.8 Å². The van der Waals surface area contributed by atoms with Gasteiger partial charge in [0.15, 0.2) is 0 Å². The van der Waals surface area contributed by atoms with E-state index < -0.39 is 35.2 Å². The van der Waals surface area contributed by atoms with Gasteiger partial charge in [-0.1, -0.05) is 55.0 Å². The molecule has 0 aromatic carbocycles. The number of allylic oxidation sites excluding steroid dienone is 7. The standard InChI is InChI=1S/C25H39NO7S/c1-20(28)26-21(25(32)33)19-34-23(22(29)15-14-17-24(30)31)16-12-10-8-6-4-2-3-5-7-9-11-13-18-27/h3-6,8,10,12,16,21-23,27,29H,2,7,9,11,13-15,17-19H2,1H3,(H,26,28)(H,30,31)(H,32,33)/b5-3-,6-4-,10-8+,16-12+/t21?,22-,23+/m0/s1. The van der Waals surface area contributed by atoms with E-state index in [1.54, 1.807) is 18.2 Å². The van der Waals surface area contributed by atoms with Crippen molar-refractivity contribution in [3.8, 4) is 0 Å². The highest BCUT2D eigenvalue weighted by molar-refractivity contribution is 8.00. The minimum atomic E-state index is -1.16. The number of carboxylic acid groups (broad SMARTS) is 2. The first-order chi connectivity index (χ1) is 16.3. The second kappa shape index (κ2) is 21.2. The van der Waals surface area contributed by atoms with Crippen molar-refractivity contribution in [2.75, 3.05) is 12.4 Å². The third kappa shape index (κ3) is 19.1. The number of amides is 1. The number of nitrogens with one attached hydrogen (secondary N) is 1. The molecule has 1 unspecified atom stereocenters. The van der Waals surface area contributed by atoms with Gasteiger partial charge < -0.3 is 25.7 Å². The van der Waals surface area contributed by atoms with Crippen LogP contribution in [0.1, 0.15) is 58.3 Å². The fourth-order valence-corrected chi connectivity index (χ4v) is 4.05. The molecule has 3 atom stereocenters. The predicted octanol–water partition coefficient (Wildman–Crippen LogP) is 3.46. The van der Waals surface area contributed by atoms with Gasteiger partial charge in [-0.05, 0) is 38.5 Å². The van der Waals surface area contributed by atoms with Crippen LogP contribution in [-0.2, 0) is 14.4 Å². The normalized spacial score (nSPS) is 14.8. The number of rotatable bonds is 20. The summed E-state index contributed by atoms with van der Waals surface area (Å²) in [6.45, 7) is 1.49. The quantitative estimate of drug-likeness (QED) is 0.0977. The Morgan fingerprint density at radius 2 is 1.68 bits per heavy atom. The maximum Gasteiger partial charge on any atom is 0.327 e. The third-order valence-electron chi connectivity index (χ3n) is 4.64. The van der Waals surface area contributed by atoms with Gasteiger partial charge in [-0.15, -0.1) is 11.8 Å². The highest BCUT2D eigenvalue weighted by Crippen LogP contribution is 2.21. The molecule has 5 N–H and O–H groups in total. The molecule has 0 aliphatic heterocycles. The second-order valence-electron chi connectivity index (χ2n) is 7.72. The fraction of sp³-hybridized carbons (Fsp3) is 0.560. The Morgan fingerprint density at radius 1 is 0.941 bits per heavy atom. The maximum atomic E-state index is 11.3. The lowest BCUT2D eigenvalue weighted by molar-refractivity contribution is -0.140. The summed E-state index contributed by atoms with van der Waals surface area (Å²) in [6.07, 6.45) is 19.7. The monoisotopic (exact) mass is 497 g/mol. The van der Waals surface area contributed by atoms with Gasteiger partial charge >= 0.3 is 11.9 Å². The topological polar surface area (TPSA) is 144 Å². The van der Waals surface area contributed by atoms with Crippen molar-refractivity contribution in [2.24, 2.45) is 0 Å². The van der Waals surface area contributed by atoms with Gasteiger partial charge in [0.25, 0.3) is 0 Å². The molecule has 192 valence electrons. The number of thioether (sulfide) groups is 1. The zero-order valence-corrected chi connectivity index (χ0v) is 20.7. The Bertz CT molecular complexity index is 703. The molecule has 8 nitrogen and oxygen atoms in total. The number of hydrogen-bond acceptors (Lipinski definition) is 6. The first-order valence-corrected chi connectivity index (χ1v) is 12.6. The van der Waals surface area contributed by atoms with Gasteiger partial charge in [0.1, 0.15) is 6.04 Å². The van der Waals surface area contributed by atoms with Crippen molar-refractivity contribution < 1.29 is 34.8 Å². The third-order valence-corrected chi connectivity index (χ3v) is 6.02. The van der Waals surface area contributed by atoms with Gasteiger partial charge in [0, 0.05) is 31.0 Å². The van der Waals surface area contributed by atoms with E-state index in [1.807, 2.05) is 18.2 Å². The number of aliphatic hydroxyl groups excluding tert-OH is 2. The number of aliphatic hydroxyl groups is 2. The molecule has 0 aliphatic carbocycles. The van der Waals surface area contributed by atoms with E-state index in [1.165, 1.54) is 18.7 Å². The summed E-state index contributed by atoms with van der Waals surface area (Å²) in [7, 11) is 0. The molecule has 0 saturated heterocycles. The van der Waals surface area contributed by atoms with Crippen molar-refractivity contribution in [1.29, 1.82) is 0 Å². The molecule has 0 fully saturated rings. The number of carboxylic acids is 2. The van der Waals surface area contributed by atoms with Crippen molar-refractivity contribution in [3.63, 3.8) is 0 Å². The van der Waals surface area contributed by atoms with Crippen molar-refractivity contribution in [1.82, 2.24) is 5.32 Å². The predicted molar refractivity (Wildman–Crippen MR) is 136 cm³/mol. The zero-order valence-electron chi connectivity index (χ0n) is 19.8. The van der Waals surface area contributed by atoms with E-state index in [0.29, 0.717) is 6.42 Å². The van der Waals surface area contributed by atoms with E-state index in [0.717, 1.165) is 32.1 Å². The molecule has 0 heterocycles. The maximum absolute atomic E-state index is 11.3. The van der Waals surface area contributed by atoms with Crippen LogP contribution in [0, 0.1) is 0 Å². The summed E-state index contributed by atoms with van der Waals surface area (Å²) in [5, 5.41) is 39.2. The molecule has 0 bridgehead atoms. The second-order valence-corrected chi connectivity index (χ2v) is 8.93. The minimum absolute atomic E-state index is 0.0520. The lowest BCUT2D eigenvalue weighted by Crippen LogP contribution is -2.42. The highest BCUT2D eigenvalue weighted by atomic mass is 32.2. The Morgan fingerprint density at radius 3 is 2.32 bits per heavy atom. The first kappa shape index (κ1) is 31.6. The molecule has 0 aromatic heterocycles. The molecule has 0 rings (SSSR count). The van der Waals surface area contributed by atoms with Crippen molar-refractivity contribution in [2.45, 2.75) is 75.7 Å². The first-order valence-electron chi connectivity index (χ1n) is 11.5. The Balaban J connectivity index is 4.73. The summed E-state index contributed by atoms with van der Waals surface area (Å²) in [5.41, 5.74) is 0. The number of hydrogen-bond donors (Lipinski definition) is 5. The zero-order chi connectivity index (χ0) is 25.6. The largest absolute Gasteiger partial charge is 0.481 e. The van der Waals surface area contributed by atoms with E-state index in [2.05, 4.69) is 17.5 Å². The number of aliphatic carboxylic acids is 2. The average molecular weight is 498 g/mol. The molecule has 1 amide bonds. The SMILES string of the molecule is CC(=O)NC(CS[C@H](/C=C/C=C/C=C\C/C=C\CCCCCO)[C@@H](O)CCCC(=O)O)C(=O)O. The van der Waals surface area contributed by atoms with E-state index in [-0.39, 0.29) is 25.2 Å². The number of carbonyl (C=O) groups is 3. The lowest BCUT2D eigenvalue weighted by atomic mass is 10.1. The molecule has 0 aliphatic rings. The van der Waals surface area contributed by atoms with Crippen LogP contribution in [0.2, 0.25) is 0 Å². The Labute approximate surface area is 206 Å². The number of carbonyl (C=O) groups excluding carboxylic acids is 1. The smallest absolute Gasteiger partial charge is 0.327 e. The Kier molecular flexibility index (Phi) is 19.7. The minimum Gasteiger partial charge on any atom is -0.481 e. The van der Waals surface area contributed by atoms with Crippen LogP contribution in [0.15, 0.2) is 48.6 Å². The summed E-state index contributed by atoms with van der Waals surface area (Å²) in [6, 6.07) is -1.08. The van der Waals surface area contributed by atoms with Gasteiger partial charge in [0.05, 0.1) is 6.10 Å². The molecule has 0 saturated carbocycles. The summed E-state index contributed by atoms with van der Waals surface area (Å²) in [5.74, 6) is -2.48. The van der Waals surface area contributed by atoms with E-state index >= 15 is 0 Å². The molecule has 9 heteroatoms. The average Bonchev–Trinajstić information content (AvgIpc) is 2.77. The van der Waals surface area contributed by atoms with Gasteiger partial charge in [0.2, 0.25) is 5.91 Å². The van der Waals surface area contributed by atoms with Crippen molar-refractivity contribution in [3.05, 3.63) is 48.6 Å². The van der Waals surface area contributed by atoms with Crippen molar-refractivity contribution >= 4 is 29.6 Å². The lowest BCUT2D eigenvalue weighted by Gasteiger charge is -2.21. The van der Waals surface area contributed by atoms with Crippen LogP contribution in [-0.4, -0.2) is 68.0 Å². The van der Waals surface area contributed by atoms with Crippen LogP contribution in [0.25, 0.3) is 0 Å². The van der Waals surface area contributed by atoms with E-state index in [9.17, 15) is 24.6 Å². The van der Waals surface area contributed by atoms with Gasteiger partial charge in [-0.3, -0.25) is 9.59 Å². The summed E-state index contributed by atoms with van der Waals surface area (Å²) < 4.78 is 0. The number of unbranched alkanes of at least 4 members (excludes halogenated alkanes) is 3. The van der Waals surface area contributed by atoms with Crippen LogP contribution < -0.4 is 5.32 Å². The van der Waals surface area contributed by atoms with Crippen LogP contribution in [0.4, 0.5) is 0 Å². The molecular weight excluding hydrogens is 458 g/mol. The Hall–Kier alpha value is -2.36. The highest BCUT2D eigenvalue weighted by Gasteiger charge is 2.23. The fourth-order valence-electron chi connectivity index (χ4n) is 2.85. The molecular formula is C25H39NO7S. The summed E-state index contributed by atoms with van der Waals surface area (Å²) >= 11 is 1.20. The van der Waals surface area contributed by atoms with Crippen LogP contribution in [0.5, 0.6) is 0 Å². The molecule has 34 heavy (non-hydrogen) atoms. The van der Waals surface area contributed by atoms with E-state index in [4.69, 9.17) is 10.2 Å².